The van der Waals surface area contributed by atoms with Gasteiger partial charge in [0.05, 0.1) is 12.0 Å². The molecule has 1 N–H and O–H groups in total. The number of benzene rings is 2. The molecule has 0 fully saturated rings. The van der Waals surface area contributed by atoms with Crippen LogP contribution in [0, 0.1) is 10.1 Å². The van der Waals surface area contributed by atoms with Crippen LogP contribution in [0.25, 0.3) is 0 Å². The van der Waals surface area contributed by atoms with E-state index in [4.69, 9.17) is 9.47 Å². The average molecular weight is 316 g/mol. The van der Waals surface area contributed by atoms with E-state index >= 15 is 0 Å². The second kappa shape index (κ2) is 7.79. The first kappa shape index (κ1) is 16.3. The third-order valence-electron chi connectivity index (χ3n) is 3.09. The maximum Gasteiger partial charge on any atom is 0.274 e. The molecular weight excluding hydrogens is 300 g/mol. The summed E-state index contributed by atoms with van der Waals surface area (Å²) < 4.78 is 10.5. The van der Waals surface area contributed by atoms with Crippen molar-refractivity contribution < 1.29 is 19.2 Å². The normalized spacial score (nSPS) is 9.96. The Kier molecular flexibility index (Phi) is 5.51. The van der Waals surface area contributed by atoms with Crippen molar-refractivity contribution in [2.24, 2.45) is 0 Å². The summed E-state index contributed by atoms with van der Waals surface area (Å²) in [6.07, 6.45) is 0. The lowest BCUT2D eigenvalue weighted by molar-refractivity contribution is -0.385. The van der Waals surface area contributed by atoms with Crippen LogP contribution >= 0.6 is 0 Å². The molecule has 1 amide bonds. The molecule has 0 spiro atoms. The summed E-state index contributed by atoms with van der Waals surface area (Å²) >= 11 is 0. The fourth-order valence-corrected chi connectivity index (χ4v) is 1.96. The number of carbonyl (C=O) groups excluding carboxylic acids is 1. The number of para-hydroxylation sites is 3. The van der Waals surface area contributed by atoms with Crippen LogP contribution in [0.5, 0.6) is 11.5 Å². The number of ether oxygens (including phenoxy) is 2. The Balaban J connectivity index is 1.90. The van der Waals surface area contributed by atoms with E-state index < -0.39 is 4.92 Å². The predicted molar refractivity (Wildman–Crippen MR) is 83.4 cm³/mol. The summed E-state index contributed by atoms with van der Waals surface area (Å²) in [6.45, 7) is -0.147. The minimum atomic E-state index is -0.479. The molecule has 0 aromatic heterocycles. The molecule has 0 aliphatic rings. The van der Waals surface area contributed by atoms with E-state index in [1.165, 1.54) is 13.2 Å². The van der Waals surface area contributed by atoms with E-state index in [0.717, 1.165) is 0 Å². The molecule has 23 heavy (non-hydrogen) atoms. The molecule has 0 aliphatic heterocycles. The Morgan fingerprint density at radius 1 is 1.13 bits per heavy atom. The second-order valence-electron chi connectivity index (χ2n) is 4.60. The monoisotopic (exact) mass is 316 g/mol. The Morgan fingerprint density at radius 3 is 2.48 bits per heavy atom. The first-order valence-electron chi connectivity index (χ1n) is 6.86. The van der Waals surface area contributed by atoms with Gasteiger partial charge in [0.2, 0.25) is 0 Å². The summed E-state index contributed by atoms with van der Waals surface area (Å²) in [6, 6.07) is 13.2. The lowest BCUT2D eigenvalue weighted by atomic mass is 10.2. The summed E-state index contributed by atoms with van der Waals surface area (Å²) in [7, 11) is 1.51. The van der Waals surface area contributed by atoms with Gasteiger partial charge in [-0.3, -0.25) is 14.9 Å². The molecule has 2 aromatic rings. The molecule has 120 valence electrons. The van der Waals surface area contributed by atoms with E-state index in [2.05, 4.69) is 5.32 Å². The van der Waals surface area contributed by atoms with Gasteiger partial charge in [0.25, 0.3) is 11.6 Å². The van der Waals surface area contributed by atoms with E-state index in [-0.39, 0.29) is 24.7 Å². The van der Waals surface area contributed by atoms with Crippen LogP contribution in [0.3, 0.4) is 0 Å². The van der Waals surface area contributed by atoms with Crippen LogP contribution in [0.1, 0.15) is 5.56 Å². The van der Waals surface area contributed by atoms with Crippen molar-refractivity contribution in [1.29, 1.82) is 0 Å². The smallest absolute Gasteiger partial charge is 0.274 e. The van der Waals surface area contributed by atoms with Gasteiger partial charge in [-0.25, -0.2) is 0 Å². The summed E-state index contributed by atoms with van der Waals surface area (Å²) in [5, 5.41) is 13.5. The highest BCUT2D eigenvalue weighted by Crippen LogP contribution is 2.25. The molecule has 0 unspecified atom stereocenters. The number of nitrogens with zero attached hydrogens (tertiary/aromatic N) is 1. The first-order chi connectivity index (χ1) is 11.1. The second-order valence-corrected chi connectivity index (χ2v) is 4.60. The molecule has 0 heterocycles. The van der Waals surface area contributed by atoms with Crippen molar-refractivity contribution in [3.8, 4) is 11.5 Å². The highest BCUT2D eigenvalue weighted by molar-refractivity contribution is 5.77. The lowest BCUT2D eigenvalue weighted by Crippen LogP contribution is -2.28. The van der Waals surface area contributed by atoms with Crippen molar-refractivity contribution in [1.82, 2.24) is 5.32 Å². The molecule has 0 radical (unpaired) electrons. The van der Waals surface area contributed by atoms with E-state index in [1.807, 2.05) is 0 Å². The highest BCUT2D eigenvalue weighted by Gasteiger charge is 2.13. The molecular formula is C16H16N2O5. The van der Waals surface area contributed by atoms with Crippen LogP contribution < -0.4 is 14.8 Å². The maximum absolute atomic E-state index is 11.8. The van der Waals surface area contributed by atoms with Crippen molar-refractivity contribution in [2.75, 3.05) is 13.7 Å². The SMILES string of the molecule is COc1ccccc1OCC(=O)NCc1ccccc1[N+](=O)[O-]. The summed E-state index contributed by atoms with van der Waals surface area (Å²) in [5.41, 5.74) is 0.404. The zero-order chi connectivity index (χ0) is 16.7. The van der Waals surface area contributed by atoms with Gasteiger partial charge in [-0.1, -0.05) is 30.3 Å². The minimum Gasteiger partial charge on any atom is -0.493 e. The Hall–Kier alpha value is -3.09. The fourth-order valence-electron chi connectivity index (χ4n) is 1.96. The molecule has 0 saturated carbocycles. The van der Waals surface area contributed by atoms with Crippen LogP contribution in [-0.2, 0) is 11.3 Å². The number of hydrogen-bond donors (Lipinski definition) is 1. The van der Waals surface area contributed by atoms with Gasteiger partial charge >= 0.3 is 0 Å². The lowest BCUT2D eigenvalue weighted by Gasteiger charge is -2.10. The highest BCUT2D eigenvalue weighted by atomic mass is 16.6. The zero-order valence-electron chi connectivity index (χ0n) is 12.5. The topological polar surface area (TPSA) is 90.7 Å². The quantitative estimate of drug-likeness (QED) is 0.625. The number of nitrogens with one attached hydrogen (secondary N) is 1. The van der Waals surface area contributed by atoms with Gasteiger partial charge in [0.1, 0.15) is 0 Å². The number of nitro groups is 1. The van der Waals surface area contributed by atoms with Gasteiger partial charge in [-0.2, -0.15) is 0 Å². The molecule has 2 rings (SSSR count). The molecule has 0 aliphatic carbocycles. The maximum atomic E-state index is 11.8. The van der Waals surface area contributed by atoms with E-state index in [1.54, 1.807) is 42.5 Å². The first-order valence-corrected chi connectivity index (χ1v) is 6.86. The zero-order valence-corrected chi connectivity index (χ0v) is 12.5. The van der Waals surface area contributed by atoms with E-state index in [9.17, 15) is 14.9 Å². The predicted octanol–water partition coefficient (Wildman–Crippen LogP) is 2.30. The van der Waals surface area contributed by atoms with Gasteiger partial charge in [0.15, 0.2) is 18.1 Å². The standard InChI is InChI=1S/C16H16N2O5/c1-22-14-8-4-5-9-15(14)23-11-16(19)17-10-12-6-2-3-7-13(12)18(20)21/h2-9H,10-11H2,1H3,(H,17,19). The van der Waals surface area contributed by atoms with Gasteiger partial charge in [-0.05, 0) is 12.1 Å². The van der Waals surface area contributed by atoms with Gasteiger partial charge in [0, 0.05) is 18.2 Å². The van der Waals surface area contributed by atoms with Crippen LogP contribution in [-0.4, -0.2) is 24.5 Å². The largest absolute Gasteiger partial charge is 0.493 e. The molecule has 0 saturated heterocycles. The Labute approximate surface area is 133 Å². The molecule has 0 bridgehead atoms. The molecule has 7 nitrogen and oxygen atoms in total. The van der Waals surface area contributed by atoms with E-state index in [0.29, 0.717) is 17.1 Å². The van der Waals surface area contributed by atoms with Crippen molar-refractivity contribution in [2.45, 2.75) is 6.54 Å². The number of hydrogen-bond acceptors (Lipinski definition) is 5. The van der Waals surface area contributed by atoms with Crippen molar-refractivity contribution in [3.63, 3.8) is 0 Å². The summed E-state index contributed by atoms with van der Waals surface area (Å²) in [4.78, 5) is 22.2. The average Bonchev–Trinajstić information content (AvgIpc) is 2.58. The van der Waals surface area contributed by atoms with Gasteiger partial charge < -0.3 is 14.8 Å². The third kappa shape index (κ3) is 4.44. The minimum absolute atomic E-state index is 0.0292. The van der Waals surface area contributed by atoms with Crippen molar-refractivity contribution in [3.05, 3.63) is 64.2 Å². The third-order valence-corrected chi connectivity index (χ3v) is 3.09. The van der Waals surface area contributed by atoms with Crippen molar-refractivity contribution >= 4 is 11.6 Å². The number of nitro benzene ring substituents is 1. The Bertz CT molecular complexity index is 702. The number of rotatable bonds is 7. The van der Waals surface area contributed by atoms with Gasteiger partial charge in [-0.15, -0.1) is 0 Å². The summed E-state index contributed by atoms with van der Waals surface area (Å²) in [5.74, 6) is 0.601. The number of carbonyl (C=O) groups is 1. The fraction of sp³-hybridized carbons (Fsp3) is 0.188. The Morgan fingerprint density at radius 2 is 1.78 bits per heavy atom. The van der Waals surface area contributed by atoms with Crippen LogP contribution in [0.4, 0.5) is 5.69 Å². The number of amides is 1. The van der Waals surface area contributed by atoms with Crippen LogP contribution in [0.15, 0.2) is 48.5 Å². The molecule has 0 atom stereocenters. The van der Waals surface area contributed by atoms with Crippen LogP contribution in [0.2, 0.25) is 0 Å². The molecule has 2 aromatic carbocycles. The number of methoxy groups -OCH3 is 1. The molecule has 7 heteroatoms.